The van der Waals surface area contributed by atoms with E-state index < -0.39 is 17.8 Å². The van der Waals surface area contributed by atoms with Crippen molar-refractivity contribution in [3.05, 3.63) is 29.7 Å². The summed E-state index contributed by atoms with van der Waals surface area (Å²) in [5.74, 6) is -2.00. The van der Waals surface area contributed by atoms with Gasteiger partial charge in [0.05, 0.1) is 12.5 Å². The molecule has 2 aromatic heterocycles. The van der Waals surface area contributed by atoms with Crippen LogP contribution in [0.1, 0.15) is 29.1 Å². The van der Waals surface area contributed by atoms with E-state index in [4.69, 9.17) is 9.52 Å². The zero-order chi connectivity index (χ0) is 18.8. The minimum atomic E-state index is -0.892. The summed E-state index contributed by atoms with van der Waals surface area (Å²) < 4.78 is 5.53. The first-order chi connectivity index (χ1) is 12.3. The summed E-state index contributed by atoms with van der Waals surface area (Å²) in [6.07, 6.45) is 1.22. The first-order valence-electron chi connectivity index (χ1n) is 8.48. The van der Waals surface area contributed by atoms with Crippen molar-refractivity contribution in [3.8, 4) is 0 Å². The summed E-state index contributed by atoms with van der Waals surface area (Å²) in [5, 5.41) is 9.12. The van der Waals surface area contributed by atoms with Crippen LogP contribution in [0, 0.1) is 12.8 Å². The van der Waals surface area contributed by atoms with Crippen LogP contribution in [0.3, 0.4) is 0 Å². The summed E-state index contributed by atoms with van der Waals surface area (Å²) >= 11 is 0. The fraction of sp³-hybridized carbons (Fsp3) is 0.444. The molecule has 1 N–H and O–H groups in total. The first-order valence-corrected chi connectivity index (χ1v) is 8.48. The molecule has 1 aliphatic heterocycles. The van der Waals surface area contributed by atoms with Gasteiger partial charge in [-0.2, -0.15) is 0 Å². The van der Waals surface area contributed by atoms with Crippen molar-refractivity contribution in [2.45, 2.75) is 19.8 Å². The minimum absolute atomic E-state index is 0.121. The third kappa shape index (κ3) is 3.68. The highest BCUT2D eigenvalue weighted by Crippen LogP contribution is 2.20. The van der Waals surface area contributed by atoms with Gasteiger partial charge in [-0.25, -0.2) is 4.98 Å². The van der Waals surface area contributed by atoms with Crippen molar-refractivity contribution in [2.75, 3.05) is 26.7 Å². The lowest BCUT2D eigenvalue weighted by Crippen LogP contribution is -2.46. The molecule has 1 fully saturated rings. The largest absolute Gasteiger partial charge is 0.481 e. The Labute approximate surface area is 150 Å². The number of aromatic nitrogens is 1. The molecular formula is C18H21N3O5. The Bertz CT molecular complexity index is 860. The number of carbonyl (C=O) groups is 3. The van der Waals surface area contributed by atoms with Crippen LogP contribution < -0.4 is 0 Å². The SMILES string of the molecule is Cc1ccc2oc(C(=O)N(C)CC(=O)N3CCCC(C(=O)O)C3)cc2n1. The van der Waals surface area contributed by atoms with Gasteiger partial charge < -0.3 is 19.3 Å². The van der Waals surface area contributed by atoms with Crippen molar-refractivity contribution >= 4 is 28.9 Å². The maximum absolute atomic E-state index is 12.5. The summed E-state index contributed by atoms with van der Waals surface area (Å²) in [6.45, 7) is 2.42. The number of hydrogen-bond acceptors (Lipinski definition) is 5. The maximum Gasteiger partial charge on any atom is 0.308 e. The number of hydrogen-bond donors (Lipinski definition) is 1. The van der Waals surface area contributed by atoms with Gasteiger partial charge in [0.15, 0.2) is 11.3 Å². The molecular weight excluding hydrogens is 338 g/mol. The van der Waals surface area contributed by atoms with E-state index in [0.29, 0.717) is 30.5 Å². The van der Waals surface area contributed by atoms with Crippen molar-refractivity contribution in [2.24, 2.45) is 5.92 Å². The van der Waals surface area contributed by atoms with Crippen molar-refractivity contribution < 1.29 is 23.9 Å². The van der Waals surface area contributed by atoms with Crippen LogP contribution in [-0.4, -0.2) is 64.4 Å². The maximum atomic E-state index is 12.5. The molecule has 8 heteroatoms. The van der Waals surface area contributed by atoms with Gasteiger partial charge in [0.1, 0.15) is 5.52 Å². The second-order valence-electron chi connectivity index (χ2n) is 6.63. The van der Waals surface area contributed by atoms with Crippen molar-refractivity contribution in [1.82, 2.24) is 14.8 Å². The fourth-order valence-corrected chi connectivity index (χ4v) is 3.10. The zero-order valence-corrected chi connectivity index (χ0v) is 14.8. The monoisotopic (exact) mass is 359 g/mol. The summed E-state index contributed by atoms with van der Waals surface area (Å²) in [6, 6.07) is 5.11. The Morgan fingerprint density at radius 2 is 2.15 bits per heavy atom. The highest BCUT2D eigenvalue weighted by Gasteiger charge is 2.29. The number of amides is 2. The van der Waals surface area contributed by atoms with Gasteiger partial charge in [-0.3, -0.25) is 14.4 Å². The highest BCUT2D eigenvalue weighted by atomic mass is 16.4. The van der Waals surface area contributed by atoms with Crippen LogP contribution >= 0.6 is 0 Å². The number of nitrogens with zero attached hydrogens (tertiary/aromatic N) is 3. The fourth-order valence-electron chi connectivity index (χ4n) is 3.10. The molecule has 1 unspecified atom stereocenters. The number of furan rings is 1. The number of likely N-dealkylation sites (N-methyl/N-ethyl adjacent to an activating group) is 1. The standard InChI is InChI=1S/C18H21N3O5/c1-11-5-6-14-13(19-11)8-15(26-14)17(23)20(2)10-16(22)21-7-3-4-12(9-21)18(24)25/h5-6,8,12H,3-4,7,9-10H2,1-2H3,(H,24,25). The average Bonchev–Trinajstić information content (AvgIpc) is 3.04. The first kappa shape index (κ1) is 17.9. The topological polar surface area (TPSA) is 104 Å². The highest BCUT2D eigenvalue weighted by molar-refractivity contribution is 5.97. The number of rotatable bonds is 4. The van der Waals surface area contributed by atoms with Crippen LogP contribution in [0.4, 0.5) is 0 Å². The molecule has 26 heavy (non-hydrogen) atoms. The predicted molar refractivity (Wildman–Crippen MR) is 92.6 cm³/mol. The Morgan fingerprint density at radius 3 is 2.88 bits per heavy atom. The van der Waals surface area contributed by atoms with E-state index in [1.54, 1.807) is 18.2 Å². The van der Waals surface area contributed by atoms with Gasteiger partial charge in [-0.05, 0) is 31.9 Å². The third-order valence-electron chi connectivity index (χ3n) is 4.57. The average molecular weight is 359 g/mol. The normalized spacial score (nSPS) is 17.3. The number of aliphatic carboxylic acids is 1. The number of carbonyl (C=O) groups excluding carboxylic acids is 2. The molecule has 3 heterocycles. The second kappa shape index (κ2) is 7.15. The quantitative estimate of drug-likeness (QED) is 0.888. The van der Waals surface area contributed by atoms with E-state index in [2.05, 4.69) is 4.98 Å². The smallest absolute Gasteiger partial charge is 0.308 e. The molecule has 1 atom stereocenters. The molecule has 0 aromatic carbocycles. The van der Waals surface area contributed by atoms with Crippen LogP contribution in [-0.2, 0) is 9.59 Å². The number of aryl methyl sites for hydroxylation is 1. The van der Waals surface area contributed by atoms with E-state index in [1.165, 1.54) is 16.8 Å². The molecule has 0 radical (unpaired) electrons. The Hall–Kier alpha value is -2.90. The number of likely N-dealkylation sites (tertiary alicyclic amines) is 1. The number of carboxylic acids is 1. The summed E-state index contributed by atoms with van der Waals surface area (Å²) in [5.41, 5.74) is 1.92. The molecule has 0 saturated carbocycles. The number of fused-ring (bicyclic) bond motifs is 1. The van der Waals surface area contributed by atoms with Gasteiger partial charge in [-0.15, -0.1) is 0 Å². The molecule has 2 amide bonds. The molecule has 3 rings (SSSR count). The lowest BCUT2D eigenvalue weighted by atomic mass is 9.98. The lowest BCUT2D eigenvalue weighted by molar-refractivity contribution is -0.145. The molecule has 2 aromatic rings. The zero-order valence-electron chi connectivity index (χ0n) is 14.8. The minimum Gasteiger partial charge on any atom is -0.481 e. The van der Waals surface area contributed by atoms with Crippen LogP contribution in [0.5, 0.6) is 0 Å². The van der Waals surface area contributed by atoms with E-state index in [1.807, 2.05) is 6.92 Å². The molecule has 1 aliphatic rings. The van der Waals surface area contributed by atoms with Gasteiger partial charge in [0, 0.05) is 31.9 Å². The molecule has 138 valence electrons. The number of carboxylic acid groups (broad SMARTS) is 1. The van der Waals surface area contributed by atoms with Crippen molar-refractivity contribution in [1.29, 1.82) is 0 Å². The van der Waals surface area contributed by atoms with Crippen molar-refractivity contribution in [3.63, 3.8) is 0 Å². The lowest BCUT2D eigenvalue weighted by Gasteiger charge is -2.31. The molecule has 0 spiro atoms. The van der Waals surface area contributed by atoms with Gasteiger partial charge >= 0.3 is 5.97 Å². The Balaban J connectivity index is 1.66. The number of piperidine rings is 1. The van der Waals surface area contributed by atoms with E-state index in [0.717, 1.165) is 5.69 Å². The summed E-state index contributed by atoms with van der Waals surface area (Å²) in [7, 11) is 1.52. The van der Waals surface area contributed by atoms with Crippen LogP contribution in [0.2, 0.25) is 0 Å². The second-order valence-corrected chi connectivity index (χ2v) is 6.63. The molecule has 1 saturated heterocycles. The van der Waals surface area contributed by atoms with Crippen LogP contribution in [0.15, 0.2) is 22.6 Å². The molecule has 8 nitrogen and oxygen atoms in total. The molecule has 0 aliphatic carbocycles. The van der Waals surface area contributed by atoms with E-state index in [9.17, 15) is 14.4 Å². The van der Waals surface area contributed by atoms with E-state index in [-0.39, 0.29) is 24.8 Å². The number of pyridine rings is 1. The van der Waals surface area contributed by atoms with Gasteiger partial charge in [0.2, 0.25) is 5.91 Å². The Kier molecular flexibility index (Phi) is 4.92. The van der Waals surface area contributed by atoms with Gasteiger partial charge in [-0.1, -0.05) is 0 Å². The predicted octanol–water partition coefficient (Wildman–Crippen LogP) is 1.53. The van der Waals surface area contributed by atoms with E-state index >= 15 is 0 Å². The molecule has 0 bridgehead atoms. The third-order valence-corrected chi connectivity index (χ3v) is 4.57. The summed E-state index contributed by atoms with van der Waals surface area (Å²) in [4.78, 5) is 43.2. The van der Waals surface area contributed by atoms with Crippen LogP contribution in [0.25, 0.3) is 11.1 Å². The Morgan fingerprint density at radius 1 is 1.38 bits per heavy atom. The van der Waals surface area contributed by atoms with Gasteiger partial charge in [0.25, 0.3) is 5.91 Å².